The second kappa shape index (κ2) is 3.96. The van der Waals surface area contributed by atoms with Gasteiger partial charge in [-0.25, -0.2) is 18.5 Å². The molecule has 2 rings (SSSR count). The predicted octanol–water partition coefficient (Wildman–Crippen LogP) is -0.253. The fourth-order valence-corrected chi connectivity index (χ4v) is 2.45. The molecule has 0 saturated carbocycles. The third kappa shape index (κ3) is 2.29. The van der Waals surface area contributed by atoms with Crippen LogP contribution in [0.3, 0.4) is 0 Å². The molecule has 0 aliphatic rings. The van der Waals surface area contributed by atoms with E-state index in [2.05, 4.69) is 4.98 Å². The molecule has 16 heavy (non-hydrogen) atoms. The molecule has 8 heteroatoms. The van der Waals surface area contributed by atoms with E-state index in [1.54, 1.807) is 11.4 Å². The highest BCUT2D eigenvalue weighted by atomic mass is 32.2. The number of thiophene rings is 1. The fraction of sp³-hybridized carbons (Fsp3) is 0.250. The minimum atomic E-state index is -3.56. The van der Waals surface area contributed by atoms with Gasteiger partial charge in [-0.15, -0.1) is 11.3 Å². The van der Waals surface area contributed by atoms with Crippen molar-refractivity contribution in [1.29, 1.82) is 0 Å². The van der Waals surface area contributed by atoms with Crippen LogP contribution in [0.15, 0.2) is 22.6 Å². The van der Waals surface area contributed by atoms with E-state index in [0.717, 1.165) is 0 Å². The van der Waals surface area contributed by atoms with Gasteiger partial charge in [0.05, 0.1) is 17.5 Å². The molecule has 0 amide bonds. The van der Waals surface area contributed by atoms with Crippen molar-refractivity contribution >= 4 is 31.6 Å². The number of fused-ring (bicyclic) bond motifs is 1. The average molecular weight is 259 g/mol. The summed E-state index contributed by atoms with van der Waals surface area (Å²) >= 11 is 1.37. The van der Waals surface area contributed by atoms with Gasteiger partial charge < -0.3 is 0 Å². The van der Waals surface area contributed by atoms with Gasteiger partial charge in [0.2, 0.25) is 10.0 Å². The Balaban J connectivity index is 2.39. The second-order valence-electron chi connectivity index (χ2n) is 3.25. The Kier molecular flexibility index (Phi) is 2.78. The Morgan fingerprint density at radius 1 is 1.50 bits per heavy atom. The summed E-state index contributed by atoms with van der Waals surface area (Å²) in [5, 5.41) is 7.13. The molecule has 0 spiro atoms. The number of aryl methyl sites for hydroxylation is 1. The standard InChI is InChI=1S/C8H9N3O3S2/c9-16(13,14)4-2-11-5-10-7-6(8(11)12)1-3-15-7/h1,3,5H,2,4H2,(H2,9,13,14). The molecule has 2 N–H and O–H groups in total. The van der Waals surface area contributed by atoms with E-state index in [9.17, 15) is 13.2 Å². The van der Waals surface area contributed by atoms with Crippen LogP contribution in [0.1, 0.15) is 0 Å². The monoisotopic (exact) mass is 259 g/mol. The van der Waals surface area contributed by atoms with Gasteiger partial charge >= 0.3 is 0 Å². The summed E-state index contributed by atoms with van der Waals surface area (Å²) in [6.07, 6.45) is 1.34. The molecule has 0 saturated heterocycles. The van der Waals surface area contributed by atoms with Crippen molar-refractivity contribution in [1.82, 2.24) is 9.55 Å². The molecular formula is C8H9N3O3S2. The van der Waals surface area contributed by atoms with Crippen LogP contribution in [0.5, 0.6) is 0 Å². The van der Waals surface area contributed by atoms with Gasteiger partial charge in [0.25, 0.3) is 5.56 Å². The average Bonchev–Trinajstić information content (AvgIpc) is 2.64. The van der Waals surface area contributed by atoms with E-state index in [1.807, 2.05) is 0 Å². The van der Waals surface area contributed by atoms with Gasteiger partial charge in [-0.1, -0.05) is 0 Å². The first kappa shape index (κ1) is 11.2. The van der Waals surface area contributed by atoms with Gasteiger partial charge in [0, 0.05) is 6.54 Å². The minimum absolute atomic E-state index is 0.0243. The number of sulfonamides is 1. The summed E-state index contributed by atoms with van der Waals surface area (Å²) in [7, 11) is -3.56. The highest BCUT2D eigenvalue weighted by Crippen LogP contribution is 2.13. The summed E-state index contributed by atoms with van der Waals surface area (Å²) in [5.74, 6) is -0.274. The summed E-state index contributed by atoms with van der Waals surface area (Å²) < 4.78 is 22.8. The highest BCUT2D eigenvalue weighted by molar-refractivity contribution is 7.89. The van der Waals surface area contributed by atoms with Crippen LogP contribution in [-0.4, -0.2) is 23.7 Å². The van der Waals surface area contributed by atoms with Gasteiger partial charge in [-0.05, 0) is 11.4 Å². The molecule has 6 nitrogen and oxygen atoms in total. The second-order valence-corrected chi connectivity index (χ2v) is 5.88. The van der Waals surface area contributed by atoms with Crippen LogP contribution in [0, 0.1) is 0 Å². The molecule has 0 aromatic carbocycles. The molecule has 2 heterocycles. The maximum Gasteiger partial charge on any atom is 0.262 e. The molecule has 0 atom stereocenters. The predicted molar refractivity (Wildman–Crippen MR) is 61.9 cm³/mol. The number of nitrogens with two attached hydrogens (primary N) is 1. The first-order valence-corrected chi connectivity index (χ1v) is 7.00. The van der Waals surface area contributed by atoms with Crippen molar-refractivity contribution in [2.45, 2.75) is 6.54 Å². The molecular weight excluding hydrogens is 250 g/mol. The SMILES string of the molecule is NS(=O)(=O)CCn1cnc2sccc2c1=O. The first-order chi connectivity index (χ1) is 7.47. The molecule has 0 unspecified atom stereocenters. The van der Waals surface area contributed by atoms with Crippen molar-refractivity contribution in [3.63, 3.8) is 0 Å². The van der Waals surface area contributed by atoms with Crippen LogP contribution in [0.25, 0.3) is 10.2 Å². The molecule has 0 bridgehead atoms. The topological polar surface area (TPSA) is 95.1 Å². The molecule has 86 valence electrons. The quantitative estimate of drug-likeness (QED) is 0.822. The fourth-order valence-electron chi connectivity index (χ4n) is 1.28. The summed E-state index contributed by atoms with van der Waals surface area (Å²) in [6, 6.07) is 1.67. The maximum absolute atomic E-state index is 11.8. The van der Waals surface area contributed by atoms with Crippen molar-refractivity contribution in [2.24, 2.45) is 5.14 Å². The number of nitrogens with zero attached hydrogens (tertiary/aromatic N) is 2. The van der Waals surface area contributed by atoms with Crippen LogP contribution in [-0.2, 0) is 16.6 Å². The zero-order valence-corrected chi connectivity index (χ0v) is 9.79. The van der Waals surface area contributed by atoms with E-state index in [1.165, 1.54) is 22.2 Å². The maximum atomic E-state index is 11.8. The smallest absolute Gasteiger partial charge is 0.262 e. The lowest BCUT2D eigenvalue weighted by molar-refractivity contribution is 0.588. The van der Waals surface area contributed by atoms with E-state index < -0.39 is 10.0 Å². The molecule has 0 aliphatic carbocycles. The van der Waals surface area contributed by atoms with E-state index in [-0.39, 0.29) is 17.9 Å². The van der Waals surface area contributed by atoms with Crippen LogP contribution in [0.4, 0.5) is 0 Å². The number of aromatic nitrogens is 2. The normalized spacial score (nSPS) is 12.1. The van der Waals surface area contributed by atoms with Gasteiger partial charge in [0.1, 0.15) is 4.83 Å². The highest BCUT2D eigenvalue weighted by Gasteiger charge is 2.07. The molecule has 2 aromatic heterocycles. The Labute approximate surface area is 95.4 Å². The molecule has 0 radical (unpaired) electrons. The van der Waals surface area contributed by atoms with Gasteiger partial charge in [0.15, 0.2) is 0 Å². The van der Waals surface area contributed by atoms with E-state index >= 15 is 0 Å². The van der Waals surface area contributed by atoms with Crippen LogP contribution in [0.2, 0.25) is 0 Å². The molecule has 2 aromatic rings. The summed E-state index contributed by atoms with van der Waals surface area (Å²) in [4.78, 5) is 16.5. The largest absolute Gasteiger partial charge is 0.298 e. The third-order valence-electron chi connectivity index (χ3n) is 2.07. The molecule has 0 fully saturated rings. The zero-order chi connectivity index (χ0) is 11.8. The zero-order valence-electron chi connectivity index (χ0n) is 8.16. The van der Waals surface area contributed by atoms with Crippen LogP contribution >= 0.6 is 11.3 Å². The Bertz CT molecular complexity index is 671. The van der Waals surface area contributed by atoms with E-state index in [0.29, 0.717) is 10.2 Å². The molecule has 0 aliphatic heterocycles. The van der Waals surface area contributed by atoms with Gasteiger partial charge in [-0.2, -0.15) is 0 Å². The van der Waals surface area contributed by atoms with Crippen molar-refractivity contribution in [3.8, 4) is 0 Å². The number of rotatable bonds is 3. The van der Waals surface area contributed by atoms with Crippen molar-refractivity contribution in [3.05, 3.63) is 28.1 Å². The lowest BCUT2D eigenvalue weighted by atomic mass is 10.4. The van der Waals surface area contributed by atoms with E-state index in [4.69, 9.17) is 5.14 Å². The van der Waals surface area contributed by atoms with Crippen molar-refractivity contribution < 1.29 is 8.42 Å². The lowest BCUT2D eigenvalue weighted by Gasteiger charge is -2.03. The third-order valence-corrected chi connectivity index (χ3v) is 3.64. The Morgan fingerprint density at radius 2 is 2.25 bits per heavy atom. The number of hydrogen-bond acceptors (Lipinski definition) is 5. The van der Waals surface area contributed by atoms with Gasteiger partial charge in [-0.3, -0.25) is 9.36 Å². The van der Waals surface area contributed by atoms with Crippen LogP contribution < -0.4 is 10.7 Å². The lowest BCUT2D eigenvalue weighted by Crippen LogP contribution is -2.26. The summed E-state index contributed by atoms with van der Waals surface area (Å²) in [5.41, 5.74) is -0.241. The van der Waals surface area contributed by atoms with Crippen molar-refractivity contribution in [2.75, 3.05) is 5.75 Å². The number of primary sulfonamides is 1. The summed E-state index contributed by atoms with van der Waals surface area (Å²) in [6.45, 7) is 0.0243. The Hall–Kier alpha value is -1.25. The number of hydrogen-bond donors (Lipinski definition) is 1. The first-order valence-electron chi connectivity index (χ1n) is 4.40. The Morgan fingerprint density at radius 3 is 2.94 bits per heavy atom. The minimum Gasteiger partial charge on any atom is -0.298 e.